The average Bonchev–Trinajstić information content (AvgIpc) is 2.41. The van der Waals surface area contributed by atoms with E-state index >= 15 is 0 Å². The molecule has 0 radical (unpaired) electrons. The monoisotopic (exact) mass is 267 g/mol. The fourth-order valence-corrected chi connectivity index (χ4v) is 2.57. The van der Waals surface area contributed by atoms with Gasteiger partial charge in [-0.3, -0.25) is 4.79 Å². The maximum atomic E-state index is 12.4. The van der Waals surface area contributed by atoms with Gasteiger partial charge in [0.25, 0.3) is 5.91 Å². The fraction of sp³-hybridized carbons (Fsp3) is 0.500. The van der Waals surface area contributed by atoms with Gasteiger partial charge in [0.15, 0.2) is 0 Å². The number of nitrogens with zero attached hydrogens (tertiary/aromatic N) is 1. The van der Waals surface area contributed by atoms with Crippen LogP contribution in [-0.4, -0.2) is 35.6 Å². The van der Waals surface area contributed by atoms with Crippen LogP contribution in [0, 0.1) is 12.8 Å². The van der Waals surface area contributed by atoms with Crippen molar-refractivity contribution in [1.82, 2.24) is 4.90 Å². The number of likely N-dealkylation sites (tertiary alicyclic amines) is 1. The summed E-state index contributed by atoms with van der Waals surface area (Å²) < 4.78 is 0. The maximum absolute atomic E-state index is 12.4. The highest BCUT2D eigenvalue weighted by molar-refractivity contribution is 6.31. The summed E-state index contributed by atoms with van der Waals surface area (Å²) in [7, 11) is 0. The number of amides is 1. The number of piperidine rings is 1. The molecule has 1 heterocycles. The highest BCUT2D eigenvalue weighted by atomic mass is 35.5. The van der Waals surface area contributed by atoms with E-state index < -0.39 is 0 Å². The summed E-state index contributed by atoms with van der Waals surface area (Å²) in [5.41, 5.74) is 1.61. The summed E-state index contributed by atoms with van der Waals surface area (Å²) in [4.78, 5) is 14.2. The first-order valence-electron chi connectivity index (χ1n) is 6.28. The molecule has 4 heteroatoms. The highest BCUT2D eigenvalue weighted by Crippen LogP contribution is 2.21. The van der Waals surface area contributed by atoms with Crippen molar-refractivity contribution in [2.24, 2.45) is 5.92 Å². The zero-order valence-corrected chi connectivity index (χ0v) is 11.3. The normalized spacial score (nSPS) is 19.9. The standard InChI is InChI=1S/C14H18ClNO2/c1-10-4-5-12(15)7-13(10)14(18)16-6-2-3-11(8-16)9-17/h4-5,7,11,17H,2-3,6,8-9H2,1H3. The van der Waals surface area contributed by atoms with Crippen molar-refractivity contribution in [2.45, 2.75) is 19.8 Å². The SMILES string of the molecule is Cc1ccc(Cl)cc1C(=O)N1CCCC(CO)C1. The minimum atomic E-state index is 0.0214. The van der Waals surface area contributed by atoms with E-state index in [1.807, 2.05) is 17.9 Å². The van der Waals surface area contributed by atoms with E-state index in [1.165, 1.54) is 0 Å². The Morgan fingerprint density at radius 1 is 1.56 bits per heavy atom. The second-order valence-electron chi connectivity index (χ2n) is 4.90. The lowest BCUT2D eigenvalue weighted by Gasteiger charge is -2.32. The van der Waals surface area contributed by atoms with E-state index in [0.717, 1.165) is 24.9 Å². The summed E-state index contributed by atoms with van der Waals surface area (Å²) in [5, 5.41) is 9.78. The fourth-order valence-electron chi connectivity index (χ4n) is 2.39. The molecule has 0 aliphatic carbocycles. The van der Waals surface area contributed by atoms with Gasteiger partial charge in [-0.15, -0.1) is 0 Å². The molecule has 1 aliphatic rings. The molecule has 1 aromatic carbocycles. The van der Waals surface area contributed by atoms with Gasteiger partial charge in [0, 0.05) is 30.3 Å². The van der Waals surface area contributed by atoms with Gasteiger partial charge in [-0.1, -0.05) is 17.7 Å². The van der Waals surface area contributed by atoms with Crippen molar-refractivity contribution >= 4 is 17.5 Å². The number of aliphatic hydroxyl groups is 1. The molecule has 1 aliphatic heterocycles. The first kappa shape index (κ1) is 13.4. The Balaban J connectivity index is 2.17. The molecule has 1 saturated heterocycles. The Morgan fingerprint density at radius 2 is 2.33 bits per heavy atom. The maximum Gasteiger partial charge on any atom is 0.254 e. The molecule has 0 spiro atoms. The highest BCUT2D eigenvalue weighted by Gasteiger charge is 2.24. The number of rotatable bonds is 2. The lowest BCUT2D eigenvalue weighted by molar-refractivity contribution is 0.0620. The molecule has 1 fully saturated rings. The molecular formula is C14H18ClNO2. The van der Waals surface area contributed by atoms with Gasteiger partial charge in [-0.05, 0) is 43.4 Å². The Morgan fingerprint density at radius 3 is 3.06 bits per heavy atom. The number of hydrogen-bond acceptors (Lipinski definition) is 2. The van der Waals surface area contributed by atoms with Gasteiger partial charge >= 0.3 is 0 Å². The van der Waals surface area contributed by atoms with Crippen LogP contribution in [-0.2, 0) is 0 Å². The zero-order chi connectivity index (χ0) is 13.1. The van der Waals surface area contributed by atoms with E-state index in [1.54, 1.807) is 12.1 Å². The molecule has 18 heavy (non-hydrogen) atoms. The Hall–Kier alpha value is -1.06. The summed E-state index contributed by atoms with van der Waals surface area (Å²) in [6.07, 6.45) is 1.95. The molecule has 2 rings (SSSR count). The Labute approximate surface area is 112 Å². The van der Waals surface area contributed by atoms with Crippen molar-refractivity contribution < 1.29 is 9.90 Å². The second kappa shape index (κ2) is 5.72. The minimum Gasteiger partial charge on any atom is -0.396 e. The van der Waals surface area contributed by atoms with E-state index in [2.05, 4.69) is 0 Å². The minimum absolute atomic E-state index is 0.0214. The number of halogens is 1. The molecule has 0 saturated carbocycles. The first-order chi connectivity index (χ1) is 8.61. The second-order valence-corrected chi connectivity index (χ2v) is 5.34. The topological polar surface area (TPSA) is 40.5 Å². The molecular weight excluding hydrogens is 250 g/mol. The van der Waals surface area contributed by atoms with Crippen LogP contribution < -0.4 is 0 Å². The van der Waals surface area contributed by atoms with E-state index in [4.69, 9.17) is 11.6 Å². The molecule has 1 aromatic rings. The molecule has 0 aromatic heterocycles. The Kier molecular flexibility index (Phi) is 4.25. The molecule has 1 unspecified atom stereocenters. The summed E-state index contributed by atoms with van der Waals surface area (Å²) in [6, 6.07) is 5.38. The number of benzene rings is 1. The van der Waals surface area contributed by atoms with Crippen molar-refractivity contribution in [2.75, 3.05) is 19.7 Å². The smallest absolute Gasteiger partial charge is 0.254 e. The molecule has 3 nitrogen and oxygen atoms in total. The molecule has 0 bridgehead atoms. The van der Waals surface area contributed by atoms with Gasteiger partial charge in [0.05, 0.1) is 0 Å². The summed E-state index contributed by atoms with van der Waals surface area (Å²) in [5.74, 6) is 0.232. The number of aliphatic hydroxyl groups excluding tert-OH is 1. The van der Waals surface area contributed by atoms with E-state index in [0.29, 0.717) is 17.1 Å². The summed E-state index contributed by atoms with van der Waals surface area (Å²) in [6.45, 7) is 3.47. The molecule has 1 atom stereocenters. The van der Waals surface area contributed by atoms with Crippen LogP contribution in [0.25, 0.3) is 0 Å². The lowest BCUT2D eigenvalue weighted by Crippen LogP contribution is -2.41. The zero-order valence-electron chi connectivity index (χ0n) is 10.5. The van der Waals surface area contributed by atoms with Crippen molar-refractivity contribution in [1.29, 1.82) is 0 Å². The summed E-state index contributed by atoms with van der Waals surface area (Å²) >= 11 is 5.95. The third-order valence-electron chi connectivity index (χ3n) is 3.49. The van der Waals surface area contributed by atoms with Crippen LogP contribution in [0.2, 0.25) is 5.02 Å². The van der Waals surface area contributed by atoms with Crippen LogP contribution >= 0.6 is 11.6 Å². The van der Waals surface area contributed by atoms with Gasteiger partial charge in [-0.2, -0.15) is 0 Å². The number of aryl methyl sites for hydroxylation is 1. The first-order valence-corrected chi connectivity index (χ1v) is 6.66. The van der Waals surface area contributed by atoms with E-state index in [9.17, 15) is 9.90 Å². The van der Waals surface area contributed by atoms with Crippen LogP contribution in [0.5, 0.6) is 0 Å². The number of carbonyl (C=O) groups is 1. The van der Waals surface area contributed by atoms with Crippen molar-refractivity contribution in [3.63, 3.8) is 0 Å². The predicted molar refractivity (Wildman–Crippen MR) is 71.9 cm³/mol. The van der Waals surface area contributed by atoms with Gasteiger partial charge in [-0.25, -0.2) is 0 Å². The van der Waals surface area contributed by atoms with Crippen LogP contribution in [0.1, 0.15) is 28.8 Å². The van der Waals surface area contributed by atoms with E-state index in [-0.39, 0.29) is 18.4 Å². The predicted octanol–water partition coefficient (Wildman–Crippen LogP) is 2.49. The van der Waals surface area contributed by atoms with Crippen molar-refractivity contribution in [3.8, 4) is 0 Å². The van der Waals surface area contributed by atoms with Gasteiger partial charge < -0.3 is 10.0 Å². The van der Waals surface area contributed by atoms with Gasteiger partial charge in [0.2, 0.25) is 0 Å². The number of carbonyl (C=O) groups excluding carboxylic acids is 1. The van der Waals surface area contributed by atoms with Crippen LogP contribution in [0.15, 0.2) is 18.2 Å². The third kappa shape index (κ3) is 2.85. The third-order valence-corrected chi connectivity index (χ3v) is 3.73. The van der Waals surface area contributed by atoms with Gasteiger partial charge in [0.1, 0.15) is 0 Å². The largest absolute Gasteiger partial charge is 0.396 e. The lowest BCUT2D eigenvalue weighted by atomic mass is 9.97. The average molecular weight is 268 g/mol. The van der Waals surface area contributed by atoms with Crippen LogP contribution in [0.4, 0.5) is 0 Å². The molecule has 1 N–H and O–H groups in total. The van der Waals surface area contributed by atoms with Crippen LogP contribution in [0.3, 0.4) is 0 Å². The molecule has 98 valence electrons. The Bertz CT molecular complexity index is 447. The quantitative estimate of drug-likeness (QED) is 0.894. The number of hydrogen-bond donors (Lipinski definition) is 1. The van der Waals surface area contributed by atoms with Crippen molar-refractivity contribution in [3.05, 3.63) is 34.3 Å². The molecule has 1 amide bonds.